The van der Waals surface area contributed by atoms with Crippen LogP contribution in [-0.4, -0.2) is 37.8 Å². The van der Waals surface area contributed by atoms with Crippen molar-refractivity contribution in [1.29, 1.82) is 0 Å². The molecule has 1 unspecified atom stereocenters. The van der Waals surface area contributed by atoms with E-state index in [9.17, 15) is 9.90 Å². The molecule has 84 valence electrons. The zero-order chi connectivity index (χ0) is 11.6. The summed E-state index contributed by atoms with van der Waals surface area (Å²) >= 11 is 0. The first-order valence-corrected chi connectivity index (χ1v) is 4.51. The molecule has 0 spiro atoms. The lowest BCUT2D eigenvalue weighted by Crippen LogP contribution is -2.51. The van der Waals surface area contributed by atoms with Gasteiger partial charge in [0.05, 0.1) is 11.6 Å². The highest BCUT2D eigenvalue weighted by Crippen LogP contribution is 2.09. The predicted octanol–water partition coefficient (Wildman–Crippen LogP) is -0.724. The van der Waals surface area contributed by atoms with Gasteiger partial charge in [-0.05, 0) is 20.8 Å². The lowest BCUT2D eigenvalue weighted by Gasteiger charge is -2.28. The highest BCUT2D eigenvalue weighted by atomic mass is 16.3. The van der Waals surface area contributed by atoms with E-state index in [1.54, 1.807) is 20.8 Å². The number of aromatic nitrogens is 3. The number of aliphatic hydroxyl groups is 1. The number of anilines is 1. The van der Waals surface area contributed by atoms with Crippen LogP contribution in [-0.2, 0) is 0 Å². The van der Waals surface area contributed by atoms with Crippen molar-refractivity contribution < 1.29 is 9.90 Å². The molecule has 5 N–H and O–H groups in total. The van der Waals surface area contributed by atoms with Crippen molar-refractivity contribution in [2.24, 2.45) is 0 Å². The molecule has 7 heteroatoms. The summed E-state index contributed by atoms with van der Waals surface area (Å²) in [7, 11) is 0. The van der Waals surface area contributed by atoms with E-state index in [-0.39, 0.29) is 11.8 Å². The fourth-order valence-electron chi connectivity index (χ4n) is 0.833. The van der Waals surface area contributed by atoms with E-state index in [1.165, 1.54) is 0 Å². The van der Waals surface area contributed by atoms with Crippen LogP contribution < -0.4 is 11.1 Å². The lowest BCUT2D eigenvalue weighted by atomic mass is 9.99. The molecule has 1 aromatic rings. The van der Waals surface area contributed by atoms with Crippen LogP contribution in [0.15, 0.2) is 0 Å². The molecule has 1 heterocycles. The summed E-state index contributed by atoms with van der Waals surface area (Å²) in [6, 6.07) is 0. The number of hydrogen-bond donors (Lipinski definition) is 4. The second kappa shape index (κ2) is 3.85. The van der Waals surface area contributed by atoms with Crippen molar-refractivity contribution in [1.82, 2.24) is 20.5 Å². The predicted molar refractivity (Wildman–Crippen MR) is 54.0 cm³/mol. The molecule has 7 nitrogen and oxygen atoms in total. The number of H-pyrrole nitrogens is 1. The third-order valence-electron chi connectivity index (χ3n) is 2.20. The number of hydrogen-bond acceptors (Lipinski definition) is 5. The normalized spacial score (nSPS) is 13.6. The molecule has 0 radical (unpaired) electrons. The third-order valence-corrected chi connectivity index (χ3v) is 2.20. The van der Waals surface area contributed by atoms with Gasteiger partial charge in [-0.3, -0.25) is 9.89 Å². The number of nitrogens with two attached hydrogens (primary N) is 1. The highest BCUT2D eigenvalue weighted by Gasteiger charge is 2.27. The quantitative estimate of drug-likeness (QED) is 0.528. The Balaban J connectivity index is 2.72. The highest BCUT2D eigenvalue weighted by molar-refractivity contribution is 5.91. The number of nitrogen functional groups attached to an aromatic ring is 1. The van der Waals surface area contributed by atoms with Crippen molar-refractivity contribution >= 4 is 11.9 Å². The largest absolute Gasteiger partial charge is 0.391 e. The van der Waals surface area contributed by atoms with E-state index >= 15 is 0 Å². The Hall–Kier alpha value is -1.63. The summed E-state index contributed by atoms with van der Waals surface area (Å²) in [5.41, 5.74) is 4.52. The van der Waals surface area contributed by atoms with Crippen molar-refractivity contribution in [2.75, 3.05) is 5.73 Å². The second-order valence-corrected chi connectivity index (χ2v) is 3.89. The fraction of sp³-hybridized carbons (Fsp3) is 0.625. The molecule has 0 saturated heterocycles. The smallest absolute Gasteiger partial charge is 0.289 e. The van der Waals surface area contributed by atoms with Crippen LogP contribution in [0.5, 0.6) is 0 Å². The second-order valence-electron chi connectivity index (χ2n) is 3.89. The first kappa shape index (κ1) is 11.4. The summed E-state index contributed by atoms with van der Waals surface area (Å²) < 4.78 is 0. The Morgan fingerprint density at radius 1 is 1.67 bits per heavy atom. The van der Waals surface area contributed by atoms with Gasteiger partial charge in [0.25, 0.3) is 5.91 Å². The van der Waals surface area contributed by atoms with E-state index in [4.69, 9.17) is 5.73 Å². The number of nitrogens with one attached hydrogen (secondary N) is 2. The number of aliphatic hydroxyl groups excluding tert-OH is 1. The third kappa shape index (κ3) is 2.66. The average Bonchev–Trinajstić information content (AvgIpc) is 2.50. The number of nitrogens with zero attached hydrogens (tertiary/aromatic N) is 2. The van der Waals surface area contributed by atoms with Gasteiger partial charge in [0, 0.05) is 0 Å². The van der Waals surface area contributed by atoms with Crippen LogP contribution in [0.3, 0.4) is 0 Å². The van der Waals surface area contributed by atoms with E-state index in [0.717, 1.165) is 0 Å². The maximum Gasteiger partial charge on any atom is 0.289 e. The number of amides is 1. The minimum Gasteiger partial charge on any atom is -0.391 e. The van der Waals surface area contributed by atoms with Crippen LogP contribution in [0, 0.1) is 0 Å². The monoisotopic (exact) mass is 213 g/mol. The van der Waals surface area contributed by atoms with Gasteiger partial charge >= 0.3 is 0 Å². The molecule has 1 rings (SSSR count). The SMILES string of the molecule is CC(O)C(C)(C)NC(=O)c1nc(N)n[nH]1. The number of aromatic amines is 1. The molecule has 1 amide bonds. The molecule has 0 saturated carbocycles. The van der Waals surface area contributed by atoms with Crippen LogP contribution >= 0.6 is 0 Å². The molecule has 15 heavy (non-hydrogen) atoms. The van der Waals surface area contributed by atoms with Gasteiger partial charge in [-0.1, -0.05) is 0 Å². The summed E-state index contributed by atoms with van der Waals surface area (Å²) in [6.45, 7) is 5.00. The van der Waals surface area contributed by atoms with Gasteiger partial charge in [0.15, 0.2) is 0 Å². The standard InChI is InChI=1S/C8H15N5O2/c1-4(14)8(2,3)11-6(15)5-10-7(9)13-12-5/h4,14H,1-3H3,(H,11,15)(H3,9,10,12,13). The Bertz CT molecular complexity index is 358. The first-order valence-electron chi connectivity index (χ1n) is 4.51. The molecule has 1 atom stereocenters. The Morgan fingerprint density at radius 2 is 2.27 bits per heavy atom. The van der Waals surface area contributed by atoms with Gasteiger partial charge in [-0.15, -0.1) is 5.10 Å². The van der Waals surface area contributed by atoms with Gasteiger partial charge in [-0.25, -0.2) is 0 Å². The Labute approximate surface area is 87.1 Å². The molecule has 1 aromatic heterocycles. The maximum absolute atomic E-state index is 11.6. The summed E-state index contributed by atoms with van der Waals surface area (Å²) in [6.07, 6.45) is -0.679. The topological polar surface area (TPSA) is 117 Å². The fourth-order valence-corrected chi connectivity index (χ4v) is 0.833. The molecule has 0 aliphatic carbocycles. The molecule has 0 aromatic carbocycles. The van der Waals surface area contributed by atoms with Crippen molar-refractivity contribution in [3.63, 3.8) is 0 Å². The lowest BCUT2D eigenvalue weighted by molar-refractivity contribution is 0.0701. The summed E-state index contributed by atoms with van der Waals surface area (Å²) in [4.78, 5) is 15.2. The number of carbonyl (C=O) groups is 1. The average molecular weight is 213 g/mol. The van der Waals surface area contributed by atoms with Crippen molar-refractivity contribution in [2.45, 2.75) is 32.4 Å². The van der Waals surface area contributed by atoms with Gasteiger partial charge in [-0.2, -0.15) is 4.98 Å². The van der Waals surface area contributed by atoms with E-state index in [2.05, 4.69) is 20.5 Å². The van der Waals surface area contributed by atoms with Gasteiger partial charge < -0.3 is 16.2 Å². The van der Waals surface area contributed by atoms with Crippen molar-refractivity contribution in [3.8, 4) is 0 Å². The summed E-state index contributed by atoms with van der Waals surface area (Å²) in [5.74, 6) is -0.415. The number of rotatable bonds is 3. The zero-order valence-corrected chi connectivity index (χ0v) is 8.90. The van der Waals surface area contributed by atoms with Crippen LogP contribution in [0.4, 0.5) is 5.95 Å². The minimum absolute atomic E-state index is 0.00926. The van der Waals surface area contributed by atoms with Gasteiger partial charge in [0.1, 0.15) is 0 Å². The maximum atomic E-state index is 11.6. The van der Waals surface area contributed by atoms with Crippen LogP contribution in [0.25, 0.3) is 0 Å². The zero-order valence-electron chi connectivity index (χ0n) is 8.90. The Kier molecular flexibility index (Phi) is 2.94. The van der Waals surface area contributed by atoms with Gasteiger partial charge in [0.2, 0.25) is 11.8 Å². The van der Waals surface area contributed by atoms with E-state index in [0.29, 0.717) is 0 Å². The van der Waals surface area contributed by atoms with Crippen LogP contribution in [0.2, 0.25) is 0 Å². The minimum atomic E-state index is -0.737. The van der Waals surface area contributed by atoms with Crippen molar-refractivity contribution in [3.05, 3.63) is 5.82 Å². The number of carbonyl (C=O) groups excluding carboxylic acids is 1. The first-order chi connectivity index (χ1) is 6.83. The molecular weight excluding hydrogens is 198 g/mol. The molecule has 0 aliphatic rings. The molecular formula is C8H15N5O2. The Morgan fingerprint density at radius 3 is 2.67 bits per heavy atom. The molecule has 0 bridgehead atoms. The molecule has 0 aliphatic heterocycles. The van der Waals surface area contributed by atoms with E-state index < -0.39 is 17.6 Å². The van der Waals surface area contributed by atoms with Crippen LogP contribution in [0.1, 0.15) is 31.4 Å². The van der Waals surface area contributed by atoms with E-state index in [1.807, 2.05) is 0 Å². The summed E-state index contributed by atoms with van der Waals surface area (Å²) in [5, 5.41) is 17.9. The molecule has 0 fully saturated rings.